The molecule has 0 spiro atoms. The van der Waals surface area contributed by atoms with Crippen LogP contribution in [-0.2, 0) is 0 Å². The van der Waals surface area contributed by atoms with Crippen molar-refractivity contribution in [2.24, 2.45) is 5.41 Å². The molecule has 0 bridgehead atoms. The number of benzene rings is 1. The third kappa shape index (κ3) is 3.80. The SMILES string of the molecule is CCCC(C)(C=N)/C(NC)=C1\CCCN(c2c(C)cc(C)cc2Cl)C1=N. The lowest BCUT2D eigenvalue weighted by Gasteiger charge is -2.37. The fourth-order valence-electron chi connectivity index (χ4n) is 4.09. The molecule has 142 valence electrons. The van der Waals surface area contributed by atoms with Gasteiger partial charge in [-0.3, -0.25) is 5.41 Å². The second-order valence-corrected chi connectivity index (χ2v) is 7.84. The minimum absolute atomic E-state index is 0.375. The van der Waals surface area contributed by atoms with E-state index >= 15 is 0 Å². The predicted octanol–water partition coefficient (Wildman–Crippen LogP) is 5.46. The number of rotatable bonds is 6. The molecule has 1 aromatic carbocycles. The van der Waals surface area contributed by atoms with Gasteiger partial charge < -0.3 is 15.6 Å². The lowest BCUT2D eigenvalue weighted by Crippen LogP contribution is -2.41. The Balaban J connectivity index is 2.54. The standard InChI is InChI=1S/C21H31ClN4/c1-6-9-21(4,13-23)19(25-5)16-8-7-10-26(20(16)24)18-15(3)11-14(2)12-17(18)22/h11-13,23-25H,6-10H2,1-5H3/b19-16-,23-13?,24-20?. The van der Waals surface area contributed by atoms with E-state index in [2.05, 4.69) is 32.2 Å². The second-order valence-electron chi connectivity index (χ2n) is 7.43. The number of allylic oxidation sites excluding steroid dienone is 1. The summed E-state index contributed by atoms with van der Waals surface area (Å²) >= 11 is 6.56. The van der Waals surface area contributed by atoms with Crippen LogP contribution in [0.4, 0.5) is 5.69 Å². The van der Waals surface area contributed by atoms with Gasteiger partial charge in [0, 0.05) is 36.5 Å². The molecule has 4 nitrogen and oxygen atoms in total. The van der Waals surface area contributed by atoms with Crippen LogP contribution in [0.2, 0.25) is 5.02 Å². The van der Waals surface area contributed by atoms with Gasteiger partial charge in [0.1, 0.15) is 5.84 Å². The monoisotopic (exact) mass is 374 g/mol. The third-order valence-electron chi connectivity index (χ3n) is 5.24. The quantitative estimate of drug-likeness (QED) is 0.578. The van der Waals surface area contributed by atoms with Crippen molar-refractivity contribution in [1.82, 2.24) is 5.32 Å². The van der Waals surface area contributed by atoms with E-state index in [-0.39, 0.29) is 5.41 Å². The maximum absolute atomic E-state index is 8.90. The summed E-state index contributed by atoms with van der Waals surface area (Å²) in [6.07, 6.45) is 5.21. The summed E-state index contributed by atoms with van der Waals surface area (Å²) in [6.45, 7) is 9.09. The number of amidine groups is 1. The van der Waals surface area contributed by atoms with E-state index in [9.17, 15) is 0 Å². The molecule has 1 heterocycles. The zero-order chi connectivity index (χ0) is 19.5. The smallest absolute Gasteiger partial charge is 0.130 e. The molecule has 1 aromatic rings. The molecule has 0 aliphatic carbocycles. The number of nitrogens with zero attached hydrogens (tertiary/aromatic N) is 1. The minimum Gasteiger partial charge on any atom is -0.390 e. The van der Waals surface area contributed by atoms with Gasteiger partial charge in [0.2, 0.25) is 0 Å². The molecule has 1 atom stereocenters. The van der Waals surface area contributed by atoms with Crippen molar-refractivity contribution in [2.45, 2.75) is 53.4 Å². The van der Waals surface area contributed by atoms with Crippen LogP contribution in [0.1, 0.15) is 50.7 Å². The van der Waals surface area contributed by atoms with Crippen molar-refractivity contribution in [2.75, 3.05) is 18.5 Å². The molecule has 0 aromatic heterocycles. The van der Waals surface area contributed by atoms with Gasteiger partial charge in [0.25, 0.3) is 0 Å². The van der Waals surface area contributed by atoms with Crippen molar-refractivity contribution in [3.05, 3.63) is 39.6 Å². The molecule has 1 saturated heterocycles. The molecule has 2 rings (SSSR count). The van der Waals surface area contributed by atoms with Gasteiger partial charge >= 0.3 is 0 Å². The highest BCUT2D eigenvalue weighted by Crippen LogP contribution is 2.38. The molecule has 1 fully saturated rings. The van der Waals surface area contributed by atoms with Crippen LogP contribution < -0.4 is 10.2 Å². The average Bonchev–Trinajstić information content (AvgIpc) is 2.57. The summed E-state index contributed by atoms with van der Waals surface area (Å²) in [4.78, 5) is 2.03. The van der Waals surface area contributed by atoms with E-state index in [1.165, 1.54) is 6.21 Å². The highest BCUT2D eigenvalue weighted by atomic mass is 35.5. The molecule has 3 N–H and O–H groups in total. The van der Waals surface area contributed by atoms with Crippen LogP contribution >= 0.6 is 11.6 Å². The first-order chi connectivity index (χ1) is 12.3. The summed E-state index contributed by atoms with van der Waals surface area (Å²) in [5, 5.41) is 20.9. The lowest BCUT2D eigenvalue weighted by molar-refractivity contribution is 0.473. The summed E-state index contributed by atoms with van der Waals surface area (Å²) in [5.41, 5.74) is 4.77. The number of anilines is 1. The van der Waals surface area contributed by atoms with E-state index in [0.717, 1.165) is 60.3 Å². The summed E-state index contributed by atoms with van der Waals surface area (Å²) in [6, 6.07) is 4.08. The Bertz CT molecular complexity index is 715. The number of hydrogen-bond donors (Lipinski definition) is 3. The van der Waals surface area contributed by atoms with Crippen LogP contribution in [0.5, 0.6) is 0 Å². The van der Waals surface area contributed by atoms with E-state index in [1.54, 1.807) is 0 Å². The zero-order valence-corrected chi connectivity index (χ0v) is 17.3. The molecule has 5 heteroatoms. The van der Waals surface area contributed by atoms with Gasteiger partial charge in [-0.2, -0.15) is 0 Å². The summed E-state index contributed by atoms with van der Waals surface area (Å²) in [5.74, 6) is 0.499. The first-order valence-corrected chi connectivity index (χ1v) is 9.73. The maximum atomic E-state index is 8.90. The van der Waals surface area contributed by atoms with Gasteiger partial charge in [-0.15, -0.1) is 0 Å². The molecule has 0 radical (unpaired) electrons. The predicted molar refractivity (Wildman–Crippen MR) is 113 cm³/mol. The Hall–Kier alpha value is -1.81. The van der Waals surface area contributed by atoms with Crippen molar-refractivity contribution in [1.29, 1.82) is 10.8 Å². The Morgan fingerprint density at radius 2 is 2.08 bits per heavy atom. The van der Waals surface area contributed by atoms with Gasteiger partial charge in [-0.25, -0.2) is 0 Å². The maximum Gasteiger partial charge on any atom is 0.130 e. The Morgan fingerprint density at radius 3 is 2.62 bits per heavy atom. The number of piperidine rings is 1. The van der Waals surface area contributed by atoms with Gasteiger partial charge in [0.05, 0.1) is 10.7 Å². The first-order valence-electron chi connectivity index (χ1n) is 9.35. The molecule has 1 aliphatic heterocycles. The van der Waals surface area contributed by atoms with Gasteiger partial charge in [-0.1, -0.05) is 31.0 Å². The second kappa shape index (κ2) is 8.26. The number of aryl methyl sites for hydroxylation is 2. The lowest BCUT2D eigenvalue weighted by atomic mass is 9.79. The van der Waals surface area contributed by atoms with E-state index in [4.69, 9.17) is 22.4 Å². The van der Waals surface area contributed by atoms with Crippen LogP contribution in [0, 0.1) is 30.1 Å². The van der Waals surface area contributed by atoms with E-state index < -0.39 is 0 Å². The van der Waals surface area contributed by atoms with Crippen molar-refractivity contribution in [3.8, 4) is 0 Å². The van der Waals surface area contributed by atoms with Crippen LogP contribution in [-0.4, -0.2) is 25.6 Å². The van der Waals surface area contributed by atoms with Gasteiger partial charge in [0.15, 0.2) is 0 Å². The zero-order valence-electron chi connectivity index (χ0n) is 16.6. The molecular weight excluding hydrogens is 344 g/mol. The normalized spacial score (nSPS) is 19.2. The molecule has 1 unspecified atom stereocenters. The van der Waals surface area contributed by atoms with Crippen LogP contribution in [0.15, 0.2) is 23.4 Å². The fourth-order valence-corrected chi connectivity index (χ4v) is 4.52. The minimum atomic E-state index is -0.375. The average molecular weight is 375 g/mol. The molecular formula is C21H31ClN4. The number of nitrogens with one attached hydrogen (secondary N) is 3. The summed E-state index contributed by atoms with van der Waals surface area (Å²) < 4.78 is 0. The van der Waals surface area contributed by atoms with Crippen LogP contribution in [0.25, 0.3) is 0 Å². The van der Waals surface area contributed by atoms with E-state index in [0.29, 0.717) is 10.9 Å². The fraction of sp³-hybridized carbons (Fsp3) is 0.524. The molecule has 0 saturated carbocycles. The summed E-state index contributed by atoms with van der Waals surface area (Å²) in [7, 11) is 1.90. The number of hydrogen-bond acceptors (Lipinski definition) is 3. The van der Waals surface area contributed by atoms with Crippen molar-refractivity contribution in [3.63, 3.8) is 0 Å². The largest absolute Gasteiger partial charge is 0.390 e. The molecule has 26 heavy (non-hydrogen) atoms. The third-order valence-corrected chi connectivity index (χ3v) is 5.53. The number of halogens is 1. The Labute approximate surface area is 162 Å². The Kier molecular flexibility index (Phi) is 6.51. The van der Waals surface area contributed by atoms with E-state index in [1.807, 2.05) is 24.9 Å². The van der Waals surface area contributed by atoms with Crippen molar-refractivity contribution < 1.29 is 0 Å². The first kappa shape index (κ1) is 20.5. The molecule has 1 aliphatic rings. The topological polar surface area (TPSA) is 63.0 Å². The highest BCUT2D eigenvalue weighted by Gasteiger charge is 2.33. The van der Waals surface area contributed by atoms with Crippen molar-refractivity contribution >= 4 is 29.3 Å². The van der Waals surface area contributed by atoms with Crippen LogP contribution in [0.3, 0.4) is 0 Å². The van der Waals surface area contributed by atoms with Gasteiger partial charge in [-0.05, 0) is 57.2 Å². The highest BCUT2D eigenvalue weighted by molar-refractivity contribution is 6.34. The molecule has 0 amide bonds. The Morgan fingerprint density at radius 1 is 1.38 bits per heavy atom.